The summed E-state index contributed by atoms with van der Waals surface area (Å²) < 4.78 is 5.86. The molecule has 0 spiro atoms. The lowest BCUT2D eigenvalue weighted by atomic mass is 10.1. The minimum Gasteiger partial charge on any atom is -0.480 e. The highest BCUT2D eigenvalue weighted by atomic mass is 16.5. The molecule has 1 amide bonds. The van der Waals surface area contributed by atoms with Crippen LogP contribution < -0.4 is 11.1 Å². The Morgan fingerprint density at radius 2 is 1.25 bits per heavy atom. The van der Waals surface area contributed by atoms with Crippen molar-refractivity contribution < 1.29 is 24.2 Å². The zero-order valence-corrected chi connectivity index (χ0v) is 28.2. The second-order valence-electron chi connectivity index (χ2n) is 11.9. The molecule has 0 saturated heterocycles. The summed E-state index contributed by atoms with van der Waals surface area (Å²) in [7, 11) is 0. The van der Waals surface area contributed by atoms with E-state index in [9.17, 15) is 19.5 Å². The van der Waals surface area contributed by atoms with E-state index in [-0.39, 0.29) is 18.0 Å². The highest BCUT2D eigenvalue weighted by molar-refractivity contribution is 5.83. The SMILES string of the molecule is CCCCC/C=C\C/C=C\C/C=C\C(CCCCCCCC(=O)NC(CCCN)C(=O)O)OC(=O)CCCCCCCCC. The van der Waals surface area contributed by atoms with Crippen LogP contribution >= 0.6 is 0 Å². The number of ether oxygens (including phenoxy) is 1. The van der Waals surface area contributed by atoms with E-state index in [0.717, 1.165) is 70.6 Å². The van der Waals surface area contributed by atoms with Crippen molar-refractivity contribution in [3.05, 3.63) is 36.5 Å². The maximum Gasteiger partial charge on any atom is 0.326 e. The number of nitrogens with two attached hydrogens (primary N) is 1. The summed E-state index contributed by atoms with van der Waals surface area (Å²) in [6, 6.07) is -0.864. The Kier molecular flexibility index (Phi) is 30.2. The maximum absolute atomic E-state index is 12.5. The van der Waals surface area contributed by atoms with Crippen molar-refractivity contribution in [3.63, 3.8) is 0 Å². The summed E-state index contributed by atoms with van der Waals surface area (Å²) in [5.41, 5.74) is 5.46. The molecule has 4 N–H and O–H groups in total. The first kappa shape index (κ1) is 41.6. The molecule has 2 atom stereocenters. The number of carbonyl (C=O) groups excluding carboxylic acids is 2. The Balaban J connectivity index is 4.47. The smallest absolute Gasteiger partial charge is 0.326 e. The lowest BCUT2D eigenvalue weighted by molar-refractivity contribution is -0.147. The molecule has 0 aliphatic rings. The largest absolute Gasteiger partial charge is 0.480 e. The summed E-state index contributed by atoms with van der Waals surface area (Å²) >= 11 is 0. The molecule has 0 bridgehead atoms. The first-order chi connectivity index (χ1) is 21.4. The van der Waals surface area contributed by atoms with Gasteiger partial charge in [-0.25, -0.2) is 4.79 Å². The number of carboxylic acids is 1. The molecule has 44 heavy (non-hydrogen) atoms. The van der Waals surface area contributed by atoms with Gasteiger partial charge in [-0.3, -0.25) is 9.59 Å². The van der Waals surface area contributed by atoms with E-state index in [1.807, 2.05) is 6.08 Å². The number of carboxylic acid groups (broad SMARTS) is 1. The van der Waals surface area contributed by atoms with Crippen molar-refractivity contribution >= 4 is 17.8 Å². The van der Waals surface area contributed by atoms with Crippen LogP contribution in [0.15, 0.2) is 36.5 Å². The highest BCUT2D eigenvalue weighted by Gasteiger charge is 2.18. The van der Waals surface area contributed by atoms with Crippen LogP contribution in [0.25, 0.3) is 0 Å². The third kappa shape index (κ3) is 28.4. The number of hydrogen-bond donors (Lipinski definition) is 3. The van der Waals surface area contributed by atoms with Crippen molar-refractivity contribution in [1.82, 2.24) is 5.32 Å². The molecule has 0 aromatic carbocycles. The molecule has 0 heterocycles. The van der Waals surface area contributed by atoms with Gasteiger partial charge in [0.05, 0.1) is 0 Å². The van der Waals surface area contributed by atoms with E-state index in [4.69, 9.17) is 10.5 Å². The molecule has 0 fully saturated rings. The summed E-state index contributed by atoms with van der Waals surface area (Å²) in [6.45, 7) is 4.85. The summed E-state index contributed by atoms with van der Waals surface area (Å²) in [5, 5.41) is 11.9. The molecule has 0 aliphatic carbocycles. The Labute approximate surface area is 269 Å². The Morgan fingerprint density at radius 1 is 0.682 bits per heavy atom. The average molecular weight is 619 g/mol. The lowest BCUT2D eigenvalue weighted by Gasteiger charge is -2.15. The van der Waals surface area contributed by atoms with Crippen molar-refractivity contribution in [3.8, 4) is 0 Å². The zero-order valence-electron chi connectivity index (χ0n) is 28.2. The van der Waals surface area contributed by atoms with Crippen LogP contribution in [0, 0.1) is 0 Å². The summed E-state index contributed by atoms with van der Waals surface area (Å²) in [6.07, 6.45) is 34.9. The number of amides is 1. The van der Waals surface area contributed by atoms with E-state index in [2.05, 4.69) is 49.5 Å². The van der Waals surface area contributed by atoms with Crippen LogP contribution in [0.4, 0.5) is 0 Å². The number of aliphatic carboxylic acids is 1. The standard InChI is InChI=1S/C37H66N2O5/c1-3-5-7-9-11-12-13-14-16-18-22-27-33(44-36(41)31-25-21-15-10-8-6-4-2)28-23-19-17-20-24-30-35(40)39-34(37(42)43)29-26-32-38/h11-12,14,16,22,27,33-34H,3-10,13,15,17-21,23-26,28-32,38H2,1-2H3,(H,39,40)(H,42,43)/b12-11-,16-14-,27-22-. The van der Waals surface area contributed by atoms with Crippen LogP contribution in [-0.4, -0.2) is 41.6 Å². The van der Waals surface area contributed by atoms with Gasteiger partial charge in [-0.1, -0.05) is 115 Å². The fourth-order valence-electron chi connectivity index (χ4n) is 4.96. The monoisotopic (exact) mass is 618 g/mol. The van der Waals surface area contributed by atoms with Gasteiger partial charge in [0.15, 0.2) is 0 Å². The molecule has 7 heteroatoms. The Hall–Kier alpha value is -2.41. The van der Waals surface area contributed by atoms with Gasteiger partial charge in [-0.2, -0.15) is 0 Å². The van der Waals surface area contributed by atoms with Crippen molar-refractivity contribution in [2.45, 2.75) is 174 Å². The molecular formula is C37H66N2O5. The van der Waals surface area contributed by atoms with Gasteiger partial charge in [0, 0.05) is 12.8 Å². The second-order valence-corrected chi connectivity index (χ2v) is 11.9. The van der Waals surface area contributed by atoms with Gasteiger partial charge in [0.2, 0.25) is 5.91 Å². The van der Waals surface area contributed by atoms with Gasteiger partial charge in [0.1, 0.15) is 12.1 Å². The number of unbranched alkanes of at least 4 members (excludes halogenated alkanes) is 13. The van der Waals surface area contributed by atoms with Crippen molar-refractivity contribution in [2.24, 2.45) is 5.73 Å². The third-order valence-corrected chi connectivity index (χ3v) is 7.69. The molecule has 7 nitrogen and oxygen atoms in total. The van der Waals surface area contributed by atoms with E-state index in [1.165, 1.54) is 51.4 Å². The number of carbonyl (C=O) groups is 3. The fraction of sp³-hybridized carbons (Fsp3) is 0.757. The molecule has 0 radical (unpaired) electrons. The third-order valence-electron chi connectivity index (χ3n) is 7.69. The molecule has 0 saturated carbocycles. The van der Waals surface area contributed by atoms with E-state index in [1.54, 1.807) is 0 Å². The van der Waals surface area contributed by atoms with Gasteiger partial charge < -0.3 is 20.9 Å². The second kappa shape index (κ2) is 32.0. The number of esters is 1. The van der Waals surface area contributed by atoms with Crippen LogP contribution in [-0.2, 0) is 19.1 Å². The van der Waals surface area contributed by atoms with E-state index >= 15 is 0 Å². The lowest BCUT2D eigenvalue weighted by Crippen LogP contribution is -2.40. The van der Waals surface area contributed by atoms with Crippen molar-refractivity contribution in [1.29, 1.82) is 0 Å². The number of rotatable bonds is 31. The Bertz CT molecular complexity index is 793. The van der Waals surface area contributed by atoms with E-state index in [0.29, 0.717) is 32.2 Å². The minimum absolute atomic E-state index is 0.103. The van der Waals surface area contributed by atoms with Gasteiger partial charge in [0.25, 0.3) is 0 Å². The normalized spacial score (nSPS) is 13.2. The molecule has 0 aromatic rings. The van der Waals surface area contributed by atoms with Gasteiger partial charge >= 0.3 is 11.9 Å². The van der Waals surface area contributed by atoms with Crippen molar-refractivity contribution in [2.75, 3.05) is 6.54 Å². The maximum atomic E-state index is 12.5. The Morgan fingerprint density at radius 3 is 1.91 bits per heavy atom. The molecule has 0 rings (SSSR count). The molecule has 0 aromatic heterocycles. The zero-order chi connectivity index (χ0) is 32.5. The highest BCUT2D eigenvalue weighted by Crippen LogP contribution is 2.15. The van der Waals surface area contributed by atoms with Crippen LogP contribution in [0.2, 0.25) is 0 Å². The van der Waals surface area contributed by atoms with Crippen LogP contribution in [0.5, 0.6) is 0 Å². The van der Waals surface area contributed by atoms with Gasteiger partial charge in [-0.05, 0) is 76.8 Å². The molecule has 0 aliphatic heterocycles. The topological polar surface area (TPSA) is 119 Å². The van der Waals surface area contributed by atoms with E-state index < -0.39 is 12.0 Å². The predicted octanol–water partition coefficient (Wildman–Crippen LogP) is 9.11. The quantitative estimate of drug-likeness (QED) is 0.0405. The van der Waals surface area contributed by atoms with Gasteiger partial charge in [-0.15, -0.1) is 0 Å². The summed E-state index contributed by atoms with van der Waals surface area (Å²) in [5.74, 6) is -1.33. The average Bonchev–Trinajstić information content (AvgIpc) is 3.00. The molecular weight excluding hydrogens is 552 g/mol. The predicted molar refractivity (Wildman–Crippen MR) is 183 cm³/mol. The fourth-order valence-corrected chi connectivity index (χ4v) is 4.96. The first-order valence-electron chi connectivity index (χ1n) is 17.8. The van der Waals surface area contributed by atoms with Crippen LogP contribution in [0.1, 0.15) is 162 Å². The van der Waals surface area contributed by atoms with Crippen LogP contribution in [0.3, 0.4) is 0 Å². The number of hydrogen-bond acceptors (Lipinski definition) is 5. The summed E-state index contributed by atoms with van der Waals surface area (Å²) in [4.78, 5) is 36.0. The number of allylic oxidation sites excluding steroid dienone is 5. The minimum atomic E-state index is -1.01. The molecule has 254 valence electrons. The first-order valence-corrected chi connectivity index (χ1v) is 17.8. The molecule has 2 unspecified atom stereocenters. The number of nitrogens with one attached hydrogen (secondary N) is 1.